The van der Waals surface area contributed by atoms with Crippen molar-refractivity contribution in [3.05, 3.63) is 34.9 Å². The molecule has 1 aromatic carbocycles. The molecule has 0 heterocycles. The van der Waals surface area contributed by atoms with E-state index in [9.17, 15) is 0 Å². The summed E-state index contributed by atoms with van der Waals surface area (Å²) in [6.07, 6.45) is 0. The second-order valence-corrected chi connectivity index (χ2v) is 3.19. The summed E-state index contributed by atoms with van der Waals surface area (Å²) in [7, 11) is 3.67. The average molecular weight is 183 g/mol. The molecule has 0 aliphatic rings. The largest absolute Gasteiger partial charge is 0.363 e. The Kier molecular flexibility index (Phi) is 2.71. The Morgan fingerprint density at radius 3 is 2.58 bits per heavy atom. The number of amidine groups is 1. The number of hydrogen-bond acceptors (Lipinski definition) is 1. The Balaban J connectivity index is 2.96. The zero-order chi connectivity index (χ0) is 9.14. The lowest BCUT2D eigenvalue weighted by molar-refractivity contribution is 0.619. The van der Waals surface area contributed by atoms with Crippen LogP contribution in [-0.4, -0.2) is 24.8 Å². The lowest BCUT2D eigenvalue weighted by Gasteiger charge is -2.13. The SMILES string of the molecule is CN(C)C(=N)c1cccc(Cl)c1. The number of nitrogens with one attached hydrogen (secondary N) is 1. The smallest absolute Gasteiger partial charge is 0.127 e. The summed E-state index contributed by atoms with van der Waals surface area (Å²) in [5, 5.41) is 8.31. The van der Waals surface area contributed by atoms with Crippen molar-refractivity contribution >= 4 is 17.4 Å². The first-order chi connectivity index (χ1) is 5.61. The number of nitrogens with zero attached hydrogens (tertiary/aromatic N) is 1. The van der Waals surface area contributed by atoms with Gasteiger partial charge in [0.1, 0.15) is 5.84 Å². The molecule has 2 nitrogen and oxygen atoms in total. The highest BCUT2D eigenvalue weighted by molar-refractivity contribution is 6.31. The fraction of sp³-hybridized carbons (Fsp3) is 0.222. The number of benzene rings is 1. The first kappa shape index (κ1) is 9.07. The second-order valence-electron chi connectivity index (χ2n) is 2.75. The third-order valence-corrected chi connectivity index (χ3v) is 1.78. The van der Waals surface area contributed by atoms with Crippen LogP contribution in [0.3, 0.4) is 0 Å². The maximum Gasteiger partial charge on any atom is 0.127 e. The predicted molar refractivity (Wildman–Crippen MR) is 52.0 cm³/mol. The van der Waals surface area contributed by atoms with Gasteiger partial charge in [-0.2, -0.15) is 0 Å². The van der Waals surface area contributed by atoms with Crippen molar-refractivity contribution in [2.24, 2.45) is 0 Å². The summed E-state index contributed by atoms with van der Waals surface area (Å²) >= 11 is 5.78. The van der Waals surface area contributed by atoms with Crippen LogP contribution in [0.5, 0.6) is 0 Å². The van der Waals surface area contributed by atoms with Gasteiger partial charge in [-0.1, -0.05) is 23.7 Å². The van der Waals surface area contributed by atoms with Crippen molar-refractivity contribution in [3.63, 3.8) is 0 Å². The fourth-order valence-corrected chi connectivity index (χ4v) is 1.08. The Morgan fingerprint density at radius 1 is 1.42 bits per heavy atom. The van der Waals surface area contributed by atoms with Crippen LogP contribution in [0.25, 0.3) is 0 Å². The van der Waals surface area contributed by atoms with Crippen LogP contribution in [0.2, 0.25) is 5.02 Å². The molecule has 0 radical (unpaired) electrons. The summed E-state index contributed by atoms with van der Waals surface area (Å²) in [4.78, 5) is 1.74. The Hall–Kier alpha value is -1.02. The van der Waals surface area contributed by atoms with E-state index in [0.29, 0.717) is 10.9 Å². The van der Waals surface area contributed by atoms with Crippen molar-refractivity contribution in [1.29, 1.82) is 5.41 Å². The molecule has 0 saturated carbocycles. The van der Waals surface area contributed by atoms with Gasteiger partial charge in [-0.25, -0.2) is 0 Å². The van der Waals surface area contributed by atoms with Crippen LogP contribution in [0.15, 0.2) is 24.3 Å². The van der Waals surface area contributed by atoms with Gasteiger partial charge in [0.2, 0.25) is 0 Å². The van der Waals surface area contributed by atoms with Gasteiger partial charge in [-0.15, -0.1) is 0 Å². The molecule has 0 aromatic heterocycles. The van der Waals surface area contributed by atoms with E-state index < -0.39 is 0 Å². The molecule has 1 rings (SSSR count). The van der Waals surface area contributed by atoms with Crippen molar-refractivity contribution < 1.29 is 0 Å². The summed E-state index contributed by atoms with van der Waals surface area (Å²) in [5.41, 5.74) is 0.840. The molecule has 0 bridgehead atoms. The Morgan fingerprint density at radius 2 is 2.08 bits per heavy atom. The lowest BCUT2D eigenvalue weighted by atomic mass is 10.2. The van der Waals surface area contributed by atoms with Gasteiger partial charge in [0.05, 0.1) is 0 Å². The molecule has 12 heavy (non-hydrogen) atoms. The van der Waals surface area contributed by atoms with Crippen LogP contribution in [-0.2, 0) is 0 Å². The number of rotatable bonds is 1. The third-order valence-electron chi connectivity index (χ3n) is 1.55. The van der Waals surface area contributed by atoms with E-state index in [2.05, 4.69) is 0 Å². The number of hydrogen-bond donors (Lipinski definition) is 1. The summed E-state index contributed by atoms with van der Waals surface area (Å²) in [6.45, 7) is 0. The second kappa shape index (κ2) is 3.59. The average Bonchev–Trinajstić information content (AvgIpc) is 2.03. The maximum atomic E-state index is 7.65. The van der Waals surface area contributed by atoms with Crippen molar-refractivity contribution in [2.45, 2.75) is 0 Å². The molecule has 0 amide bonds. The molecule has 64 valence electrons. The van der Waals surface area contributed by atoms with Crippen molar-refractivity contribution in [1.82, 2.24) is 4.90 Å². The molecule has 1 N–H and O–H groups in total. The van der Waals surface area contributed by atoms with Crippen molar-refractivity contribution in [3.8, 4) is 0 Å². The molecule has 0 aliphatic carbocycles. The summed E-state index contributed by atoms with van der Waals surface area (Å²) in [5.74, 6) is 0.470. The third kappa shape index (κ3) is 1.98. The molecular formula is C9H11ClN2. The minimum absolute atomic E-state index is 0.470. The van der Waals surface area contributed by atoms with E-state index in [1.165, 1.54) is 0 Å². The lowest BCUT2D eigenvalue weighted by Crippen LogP contribution is -2.21. The zero-order valence-corrected chi connectivity index (χ0v) is 7.89. The van der Waals surface area contributed by atoms with Crippen molar-refractivity contribution in [2.75, 3.05) is 14.1 Å². The van der Waals surface area contributed by atoms with Gasteiger partial charge in [0.15, 0.2) is 0 Å². The van der Waals surface area contributed by atoms with Gasteiger partial charge >= 0.3 is 0 Å². The van der Waals surface area contributed by atoms with Gasteiger partial charge in [0.25, 0.3) is 0 Å². The van der Waals surface area contributed by atoms with E-state index in [4.69, 9.17) is 17.0 Å². The number of halogens is 1. The normalized spacial score (nSPS) is 9.58. The van der Waals surface area contributed by atoms with E-state index in [-0.39, 0.29) is 0 Å². The first-order valence-electron chi connectivity index (χ1n) is 3.63. The summed E-state index contributed by atoms with van der Waals surface area (Å²) in [6, 6.07) is 7.29. The van der Waals surface area contributed by atoms with E-state index in [0.717, 1.165) is 5.56 Å². The van der Waals surface area contributed by atoms with Crippen LogP contribution in [0.1, 0.15) is 5.56 Å². The molecule has 0 fully saturated rings. The standard InChI is InChI=1S/C9H11ClN2/c1-12(2)9(11)7-4-3-5-8(10)6-7/h3-6,11H,1-2H3. The Bertz CT molecular complexity index is 294. The van der Waals surface area contributed by atoms with E-state index in [1.54, 1.807) is 17.0 Å². The van der Waals surface area contributed by atoms with Crippen LogP contribution in [0.4, 0.5) is 0 Å². The molecule has 0 atom stereocenters. The highest BCUT2D eigenvalue weighted by Crippen LogP contribution is 2.11. The molecule has 0 spiro atoms. The topological polar surface area (TPSA) is 27.1 Å². The fourth-order valence-electron chi connectivity index (χ4n) is 0.894. The molecule has 0 unspecified atom stereocenters. The summed E-state index contributed by atoms with van der Waals surface area (Å²) < 4.78 is 0. The monoisotopic (exact) mass is 182 g/mol. The molecule has 1 aromatic rings. The van der Waals surface area contributed by atoms with E-state index in [1.807, 2.05) is 26.2 Å². The van der Waals surface area contributed by atoms with Crippen LogP contribution >= 0.6 is 11.6 Å². The van der Waals surface area contributed by atoms with Gasteiger partial charge in [-0.3, -0.25) is 5.41 Å². The highest BCUT2D eigenvalue weighted by atomic mass is 35.5. The first-order valence-corrected chi connectivity index (χ1v) is 4.01. The maximum absolute atomic E-state index is 7.65. The van der Waals surface area contributed by atoms with Gasteiger partial charge in [0, 0.05) is 24.7 Å². The molecule has 3 heteroatoms. The van der Waals surface area contributed by atoms with Gasteiger partial charge < -0.3 is 4.90 Å². The van der Waals surface area contributed by atoms with Gasteiger partial charge in [-0.05, 0) is 12.1 Å². The minimum Gasteiger partial charge on any atom is -0.363 e. The van der Waals surface area contributed by atoms with E-state index >= 15 is 0 Å². The quantitative estimate of drug-likeness (QED) is 0.524. The molecule has 0 aliphatic heterocycles. The minimum atomic E-state index is 0.470. The zero-order valence-electron chi connectivity index (χ0n) is 7.13. The molecule has 0 saturated heterocycles. The molecular weight excluding hydrogens is 172 g/mol. The predicted octanol–water partition coefficient (Wildman–Crippen LogP) is 2.23. The highest BCUT2D eigenvalue weighted by Gasteiger charge is 2.02. The van der Waals surface area contributed by atoms with Crippen LogP contribution < -0.4 is 0 Å². The Labute approximate surface area is 77.3 Å². The van der Waals surface area contributed by atoms with Crippen LogP contribution in [0, 0.1) is 5.41 Å².